The van der Waals surface area contributed by atoms with Gasteiger partial charge in [-0.15, -0.1) is 12.4 Å². The first-order valence-electron chi connectivity index (χ1n) is 8.32. The zero-order valence-electron chi connectivity index (χ0n) is 14.2. The Morgan fingerprint density at radius 2 is 1.88 bits per heavy atom. The van der Waals surface area contributed by atoms with Crippen molar-refractivity contribution in [3.05, 3.63) is 34.9 Å². The summed E-state index contributed by atoms with van der Waals surface area (Å²) in [4.78, 5) is 23.9. The summed E-state index contributed by atoms with van der Waals surface area (Å²) in [5, 5.41) is 5.96. The van der Waals surface area contributed by atoms with Gasteiger partial charge in [-0.1, -0.05) is 12.1 Å². The predicted octanol–water partition coefficient (Wildman–Crippen LogP) is 1.91. The van der Waals surface area contributed by atoms with Gasteiger partial charge in [-0.3, -0.25) is 9.59 Å². The van der Waals surface area contributed by atoms with Crippen LogP contribution in [0.1, 0.15) is 40.7 Å². The molecule has 0 heterocycles. The van der Waals surface area contributed by atoms with E-state index in [1.54, 1.807) is 7.11 Å². The Labute approximate surface area is 149 Å². The number of Topliss-reactive ketones (excluding diaryl/α,β-unsaturated/α-hetero) is 1. The summed E-state index contributed by atoms with van der Waals surface area (Å²) < 4.78 is 4.92. The summed E-state index contributed by atoms with van der Waals surface area (Å²) in [6, 6.07) is 5.95. The standard InChI is InChI=1S/C18H26N2O3.ClH/c1-23-12-11-19-9-10-20-18(22)8-7-17(21)16-6-5-14-3-2-4-15(14)13-16;/h5-6,13,19H,2-4,7-12H2,1H3,(H,20,22);1H. The number of ether oxygens (including phenoxy) is 1. The Kier molecular flexibility index (Phi) is 9.60. The summed E-state index contributed by atoms with van der Waals surface area (Å²) in [6.45, 7) is 2.69. The Morgan fingerprint density at radius 1 is 1.08 bits per heavy atom. The van der Waals surface area contributed by atoms with Crippen LogP contribution in [0.15, 0.2) is 18.2 Å². The SMILES string of the molecule is COCCNCCNC(=O)CCC(=O)c1ccc2c(c1)CCC2.Cl. The van der Waals surface area contributed by atoms with Crippen molar-refractivity contribution in [1.29, 1.82) is 0 Å². The lowest BCUT2D eigenvalue weighted by atomic mass is 10.0. The van der Waals surface area contributed by atoms with Crippen molar-refractivity contribution in [3.63, 3.8) is 0 Å². The number of ketones is 1. The number of carbonyl (C=O) groups is 2. The molecule has 1 aliphatic rings. The molecule has 0 saturated heterocycles. The third kappa shape index (κ3) is 6.59. The molecular formula is C18H27ClN2O3. The average Bonchev–Trinajstić information content (AvgIpc) is 3.03. The van der Waals surface area contributed by atoms with Crippen LogP contribution in [-0.2, 0) is 22.4 Å². The molecule has 1 aromatic rings. The highest BCUT2D eigenvalue weighted by atomic mass is 35.5. The predicted molar refractivity (Wildman–Crippen MR) is 97.0 cm³/mol. The van der Waals surface area contributed by atoms with Crippen LogP contribution in [0, 0.1) is 0 Å². The van der Waals surface area contributed by atoms with Crippen molar-refractivity contribution in [3.8, 4) is 0 Å². The molecule has 0 atom stereocenters. The number of amides is 1. The molecule has 0 saturated carbocycles. The number of hydrogen-bond donors (Lipinski definition) is 2. The van der Waals surface area contributed by atoms with E-state index < -0.39 is 0 Å². The van der Waals surface area contributed by atoms with Gasteiger partial charge >= 0.3 is 0 Å². The highest BCUT2D eigenvalue weighted by molar-refractivity contribution is 5.98. The molecule has 0 aromatic heterocycles. The minimum atomic E-state index is -0.0759. The lowest BCUT2D eigenvalue weighted by Gasteiger charge is -2.07. The van der Waals surface area contributed by atoms with Gasteiger partial charge in [0, 0.05) is 45.1 Å². The molecule has 0 spiro atoms. The van der Waals surface area contributed by atoms with Gasteiger partial charge in [-0.05, 0) is 36.5 Å². The second-order valence-corrected chi connectivity index (χ2v) is 5.85. The first kappa shape index (κ1) is 20.6. The maximum atomic E-state index is 12.2. The topological polar surface area (TPSA) is 67.4 Å². The molecular weight excluding hydrogens is 328 g/mol. The summed E-state index contributed by atoms with van der Waals surface area (Å²) in [6.07, 6.45) is 3.86. The second kappa shape index (κ2) is 11.2. The van der Waals surface area contributed by atoms with Crippen LogP contribution in [-0.4, -0.2) is 45.0 Å². The van der Waals surface area contributed by atoms with Crippen LogP contribution in [0.4, 0.5) is 0 Å². The lowest BCUT2D eigenvalue weighted by molar-refractivity contribution is -0.121. The van der Waals surface area contributed by atoms with Gasteiger partial charge in [0.25, 0.3) is 0 Å². The molecule has 1 aliphatic carbocycles. The molecule has 5 nitrogen and oxygen atoms in total. The van der Waals surface area contributed by atoms with Crippen molar-refractivity contribution in [2.75, 3.05) is 33.4 Å². The highest BCUT2D eigenvalue weighted by Crippen LogP contribution is 2.23. The van der Waals surface area contributed by atoms with Gasteiger partial charge in [-0.2, -0.15) is 0 Å². The van der Waals surface area contributed by atoms with Gasteiger partial charge in [0.15, 0.2) is 5.78 Å². The van der Waals surface area contributed by atoms with Gasteiger partial charge in [0.2, 0.25) is 5.91 Å². The van der Waals surface area contributed by atoms with E-state index in [1.807, 2.05) is 12.1 Å². The Balaban J connectivity index is 0.00000288. The smallest absolute Gasteiger partial charge is 0.220 e. The molecule has 1 amide bonds. The number of aryl methyl sites for hydroxylation is 2. The molecule has 2 N–H and O–H groups in total. The number of halogens is 1. The summed E-state index contributed by atoms with van der Waals surface area (Å²) in [5.41, 5.74) is 3.39. The maximum Gasteiger partial charge on any atom is 0.220 e. The van der Waals surface area contributed by atoms with Crippen LogP contribution in [0.5, 0.6) is 0 Å². The number of fused-ring (bicyclic) bond motifs is 1. The second-order valence-electron chi connectivity index (χ2n) is 5.85. The lowest BCUT2D eigenvalue weighted by Crippen LogP contribution is -2.33. The fourth-order valence-electron chi connectivity index (χ4n) is 2.79. The summed E-state index contributed by atoms with van der Waals surface area (Å²) in [7, 11) is 1.65. The average molecular weight is 355 g/mol. The zero-order chi connectivity index (χ0) is 16.5. The van der Waals surface area contributed by atoms with Gasteiger partial charge in [-0.25, -0.2) is 0 Å². The minimum Gasteiger partial charge on any atom is -0.383 e. The van der Waals surface area contributed by atoms with Crippen LogP contribution in [0.25, 0.3) is 0 Å². The number of benzene rings is 1. The van der Waals surface area contributed by atoms with E-state index in [-0.39, 0.29) is 36.9 Å². The van der Waals surface area contributed by atoms with Crippen LogP contribution in [0.3, 0.4) is 0 Å². The van der Waals surface area contributed by atoms with E-state index in [4.69, 9.17) is 4.74 Å². The third-order valence-electron chi connectivity index (χ3n) is 4.11. The Bertz CT molecular complexity index is 549. The molecule has 2 rings (SSSR count). The number of rotatable bonds is 10. The maximum absolute atomic E-state index is 12.2. The molecule has 1 aromatic carbocycles. The third-order valence-corrected chi connectivity index (χ3v) is 4.11. The fraction of sp³-hybridized carbons (Fsp3) is 0.556. The van der Waals surface area contributed by atoms with Crippen LogP contribution >= 0.6 is 12.4 Å². The first-order valence-corrected chi connectivity index (χ1v) is 8.32. The van der Waals surface area contributed by atoms with Crippen LogP contribution in [0.2, 0.25) is 0 Å². The molecule has 0 unspecified atom stereocenters. The number of carbonyl (C=O) groups excluding carboxylic acids is 2. The number of nitrogens with one attached hydrogen (secondary N) is 2. The minimum absolute atomic E-state index is 0. The number of hydrogen-bond acceptors (Lipinski definition) is 4. The van der Waals surface area contributed by atoms with E-state index in [0.717, 1.165) is 24.9 Å². The van der Waals surface area contributed by atoms with E-state index in [9.17, 15) is 9.59 Å². The zero-order valence-corrected chi connectivity index (χ0v) is 15.0. The quantitative estimate of drug-likeness (QED) is 0.497. The molecule has 0 aliphatic heterocycles. The van der Waals surface area contributed by atoms with Gasteiger partial charge < -0.3 is 15.4 Å². The molecule has 134 valence electrons. The van der Waals surface area contributed by atoms with E-state index in [1.165, 1.54) is 17.5 Å². The Hall–Kier alpha value is -1.43. The van der Waals surface area contributed by atoms with E-state index in [2.05, 4.69) is 16.7 Å². The monoisotopic (exact) mass is 354 g/mol. The van der Waals surface area contributed by atoms with Crippen molar-refractivity contribution < 1.29 is 14.3 Å². The Morgan fingerprint density at radius 3 is 2.67 bits per heavy atom. The first-order chi connectivity index (χ1) is 11.2. The van der Waals surface area contributed by atoms with E-state index >= 15 is 0 Å². The van der Waals surface area contributed by atoms with Crippen LogP contribution < -0.4 is 10.6 Å². The normalized spacial score (nSPS) is 12.4. The fourth-order valence-corrected chi connectivity index (χ4v) is 2.79. The van der Waals surface area contributed by atoms with E-state index in [0.29, 0.717) is 19.7 Å². The highest BCUT2D eigenvalue weighted by Gasteiger charge is 2.14. The van der Waals surface area contributed by atoms with Crippen molar-refractivity contribution in [1.82, 2.24) is 10.6 Å². The largest absolute Gasteiger partial charge is 0.383 e. The van der Waals surface area contributed by atoms with Gasteiger partial charge in [0.05, 0.1) is 6.61 Å². The summed E-state index contributed by atoms with van der Waals surface area (Å²) in [5.74, 6) is -0.0267. The molecule has 6 heteroatoms. The molecule has 0 fully saturated rings. The van der Waals surface area contributed by atoms with Crippen molar-refractivity contribution in [2.24, 2.45) is 0 Å². The molecule has 24 heavy (non-hydrogen) atoms. The van der Waals surface area contributed by atoms with Gasteiger partial charge in [0.1, 0.15) is 0 Å². The molecule has 0 radical (unpaired) electrons. The summed E-state index contributed by atoms with van der Waals surface area (Å²) >= 11 is 0. The molecule has 0 bridgehead atoms. The number of methoxy groups -OCH3 is 1. The van der Waals surface area contributed by atoms with Crippen molar-refractivity contribution >= 4 is 24.1 Å². The van der Waals surface area contributed by atoms with Crippen molar-refractivity contribution in [2.45, 2.75) is 32.1 Å².